The molecule has 130 valence electrons. The standard InChI is InChI=1S/C16H13ClN2O6/c17-13-7-6-11(8-14(13)19(22)23)18-15(20)9-25-16(21)10-24-12-4-2-1-3-5-12/h1-8H,9-10H2,(H,18,20). The van der Waals surface area contributed by atoms with Crippen molar-refractivity contribution in [1.82, 2.24) is 0 Å². The SMILES string of the molecule is O=C(COC(=O)COc1ccccc1)Nc1ccc(Cl)c([N+](=O)[O-])c1. The molecular weight excluding hydrogens is 352 g/mol. The summed E-state index contributed by atoms with van der Waals surface area (Å²) in [5, 5.41) is 13.1. The Hall–Kier alpha value is -3.13. The van der Waals surface area contributed by atoms with Gasteiger partial charge in [-0.1, -0.05) is 29.8 Å². The van der Waals surface area contributed by atoms with Gasteiger partial charge in [-0.2, -0.15) is 0 Å². The molecule has 1 N–H and O–H groups in total. The van der Waals surface area contributed by atoms with Gasteiger partial charge >= 0.3 is 5.97 Å². The highest BCUT2D eigenvalue weighted by molar-refractivity contribution is 6.32. The van der Waals surface area contributed by atoms with Crippen molar-refractivity contribution in [3.63, 3.8) is 0 Å². The third-order valence-electron chi connectivity index (χ3n) is 2.89. The normalized spacial score (nSPS) is 9.96. The molecule has 0 heterocycles. The lowest BCUT2D eigenvalue weighted by atomic mass is 10.3. The predicted molar refractivity (Wildman–Crippen MR) is 89.6 cm³/mol. The maximum absolute atomic E-state index is 11.7. The minimum atomic E-state index is -0.721. The highest BCUT2D eigenvalue weighted by Crippen LogP contribution is 2.27. The molecular formula is C16H13ClN2O6. The number of nitrogens with one attached hydrogen (secondary N) is 1. The second-order valence-corrected chi connectivity index (χ2v) is 5.14. The van der Waals surface area contributed by atoms with E-state index < -0.39 is 23.4 Å². The number of anilines is 1. The molecule has 25 heavy (non-hydrogen) atoms. The Kier molecular flexibility index (Phi) is 6.30. The van der Waals surface area contributed by atoms with Crippen molar-refractivity contribution in [3.8, 4) is 5.75 Å². The average Bonchev–Trinajstić information content (AvgIpc) is 2.60. The first-order chi connectivity index (χ1) is 12.0. The van der Waals surface area contributed by atoms with E-state index in [1.807, 2.05) is 0 Å². The van der Waals surface area contributed by atoms with Crippen LogP contribution in [0.25, 0.3) is 0 Å². The number of para-hydroxylation sites is 1. The summed E-state index contributed by atoms with van der Waals surface area (Å²) in [6.07, 6.45) is 0. The van der Waals surface area contributed by atoms with Crippen LogP contribution in [0.4, 0.5) is 11.4 Å². The fourth-order valence-corrected chi connectivity index (χ4v) is 1.96. The van der Waals surface area contributed by atoms with Crippen molar-refractivity contribution in [2.75, 3.05) is 18.5 Å². The molecule has 0 aliphatic carbocycles. The van der Waals surface area contributed by atoms with Gasteiger partial charge in [-0.25, -0.2) is 4.79 Å². The number of carbonyl (C=O) groups excluding carboxylic acids is 2. The fourth-order valence-electron chi connectivity index (χ4n) is 1.77. The minimum Gasteiger partial charge on any atom is -0.482 e. The Morgan fingerprint density at radius 1 is 1.12 bits per heavy atom. The van der Waals surface area contributed by atoms with Crippen LogP contribution in [0.5, 0.6) is 5.75 Å². The van der Waals surface area contributed by atoms with Gasteiger partial charge in [0.05, 0.1) is 4.92 Å². The van der Waals surface area contributed by atoms with Crippen LogP contribution in [0.1, 0.15) is 0 Å². The van der Waals surface area contributed by atoms with E-state index in [9.17, 15) is 19.7 Å². The van der Waals surface area contributed by atoms with E-state index in [2.05, 4.69) is 5.32 Å². The minimum absolute atomic E-state index is 0.0486. The van der Waals surface area contributed by atoms with Gasteiger partial charge in [0.1, 0.15) is 10.8 Å². The quantitative estimate of drug-likeness (QED) is 0.460. The Bertz CT molecular complexity index is 781. The number of amides is 1. The van der Waals surface area contributed by atoms with Crippen molar-refractivity contribution in [3.05, 3.63) is 63.7 Å². The first-order valence-electron chi connectivity index (χ1n) is 7.03. The average molecular weight is 365 g/mol. The highest BCUT2D eigenvalue weighted by atomic mass is 35.5. The van der Waals surface area contributed by atoms with E-state index in [1.165, 1.54) is 12.1 Å². The first kappa shape index (κ1) is 18.2. The molecule has 0 saturated heterocycles. The molecule has 0 aliphatic heterocycles. The number of nitrogens with zero attached hydrogens (tertiary/aromatic N) is 1. The van der Waals surface area contributed by atoms with Gasteiger partial charge in [0, 0.05) is 11.8 Å². The maximum Gasteiger partial charge on any atom is 0.344 e. The van der Waals surface area contributed by atoms with Gasteiger partial charge in [-0.3, -0.25) is 14.9 Å². The monoisotopic (exact) mass is 364 g/mol. The van der Waals surface area contributed by atoms with Crippen LogP contribution in [0, 0.1) is 10.1 Å². The molecule has 0 radical (unpaired) electrons. The number of hydrogen-bond donors (Lipinski definition) is 1. The molecule has 1 amide bonds. The van der Waals surface area contributed by atoms with Crippen molar-refractivity contribution >= 4 is 34.9 Å². The number of nitro benzene ring substituents is 1. The van der Waals surface area contributed by atoms with Gasteiger partial charge in [0.15, 0.2) is 13.2 Å². The van der Waals surface area contributed by atoms with E-state index in [0.29, 0.717) is 5.75 Å². The van der Waals surface area contributed by atoms with Crippen LogP contribution in [0.2, 0.25) is 5.02 Å². The van der Waals surface area contributed by atoms with Crippen molar-refractivity contribution in [1.29, 1.82) is 0 Å². The molecule has 0 unspecified atom stereocenters. The first-order valence-corrected chi connectivity index (χ1v) is 7.41. The highest BCUT2D eigenvalue weighted by Gasteiger charge is 2.14. The summed E-state index contributed by atoms with van der Waals surface area (Å²) in [5.41, 5.74) is -0.176. The second-order valence-electron chi connectivity index (χ2n) is 4.73. The smallest absolute Gasteiger partial charge is 0.344 e. The van der Waals surface area contributed by atoms with Crippen molar-refractivity contribution in [2.45, 2.75) is 0 Å². The molecule has 0 fully saturated rings. The number of esters is 1. The Labute approximate surface area is 147 Å². The van der Waals surface area contributed by atoms with Crippen LogP contribution < -0.4 is 10.1 Å². The van der Waals surface area contributed by atoms with Crippen LogP contribution in [0.3, 0.4) is 0 Å². The molecule has 0 saturated carbocycles. The van der Waals surface area contributed by atoms with Crippen LogP contribution in [-0.2, 0) is 14.3 Å². The summed E-state index contributed by atoms with van der Waals surface area (Å²) in [6.45, 7) is -0.892. The third kappa shape index (κ3) is 5.78. The van der Waals surface area contributed by atoms with E-state index in [4.69, 9.17) is 21.1 Å². The topological polar surface area (TPSA) is 108 Å². The Morgan fingerprint density at radius 3 is 2.52 bits per heavy atom. The number of rotatable bonds is 7. The summed E-state index contributed by atoms with van der Waals surface area (Å²) < 4.78 is 9.94. The Balaban J connectivity index is 1.79. The van der Waals surface area contributed by atoms with E-state index >= 15 is 0 Å². The number of carbonyl (C=O) groups is 2. The number of hydrogen-bond acceptors (Lipinski definition) is 6. The zero-order chi connectivity index (χ0) is 18.2. The van der Waals surface area contributed by atoms with Crippen LogP contribution in [0.15, 0.2) is 48.5 Å². The predicted octanol–water partition coefficient (Wildman–Crippen LogP) is 2.81. The zero-order valence-electron chi connectivity index (χ0n) is 12.8. The third-order valence-corrected chi connectivity index (χ3v) is 3.21. The van der Waals surface area contributed by atoms with Gasteiger partial charge < -0.3 is 14.8 Å². The van der Waals surface area contributed by atoms with Gasteiger partial charge in [0.2, 0.25) is 0 Å². The molecule has 2 aromatic rings. The lowest BCUT2D eigenvalue weighted by Gasteiger charge is -2.08. The lowest BCUT2D eigenvalue weighted by Crippen LogP contribution is -2.23. The van der Waals surface area contributed by atoms with Crippen molar-refractivity contribution < 1.29 is 24.0 Å². The molecule has 2 aromatic carbocycles. The number of nitro groups is 1. The fraction of sp³-hybridized carbons (Fsp3) is 0.125. The Morgan fingerprint density at radius 2 is 1.84 bits per heavy atom. The molecule has 0 aliphatic rings. The van der Waals surface area contributed by atoms with Gasteiger partial charge in [0.25, 0.3) is 11.6 Å². The molecule has 8 nitrogen and oxygen atoms in total. The summed E-state index contributed by atoms with van der Waals surface area (Å²) in [7, 11) is 0. The number of halogens is 1. The summed E-state index contributed by atoms with van der Waals surface area (Å²) in [5.74, 6) is -0.872. The van der Waals surface area contributed by atoms with Crippen LogP contribution >= 0.6 is 11.6 Å². The van der Waals surface area contributed by atoms with Crippen molar-refractivity contribution in [2.24, 2.45) is 0 Å². The van der Waals surface area contributed by atoms with Gasteiger partial charge in [-0.05, 0) is 24.3 Å². The zero-order valence-corrected chi connectivity index (χ0v) is 13.6. The molecule has 0 aromatic heterocycles. The molecule has 2 rings (SSSR count). The molecule has 0 atom stereocenters. The number of benzene rings is 2. The number of ether oxygens (including phenoxy) is 2. The lowest BCUT2D eigenvalue weighted by molar-refractivity contribution is -0.384. The molecule has 0 bridgehead atoms. The summed E-state index contributed by atoms with van der Waals surface area (Å²) in [4.78, 5) is 33.4. The molecule has 0 spiro atoms. The van der Waals surface area contributed by atoms with E-state index in [0.717, 1.165) is 6.07 Å². The molecule has 9 heteroatoms. The maximum atomic E-state index is 11.7. The second kappa shape index (κ2) is 8.65. The van der Waals surface area contributed by atoms with E-state index in [1.54, 1.807) is 30.3 Å². The summed E-state index contributed by atoms with van der Waals surface area (Å²) >= 11 is 5.68. The largest absolute Gasteiger partial charge is 0.482 e. The van der Waals surface area contributed by atoms with Crippen LogP contribution in [-0.4, -0.2) is 30.0 Å². The van der Waals surface area contributed by atoms with E-state index in [-0.39, 0.29) is 23.0 Å². The summed E-state index contributed by atoms with van der Waals surface area (Å²) in [6, 6.07) is 12.4. The van der Waals surface area contributed by atoms with Gasteiger partial charge in [-0.15, -0.1) is 0 Å².